The van der Waals surface area contributed by atoms with Crippen LogP contribution < -0.4 is 5.32 Å². The molecule has 2 fully saturated rings. The first-order chi connectivity index (χ1) is 13.1. The Bertz CT molecular complexity index is 896. The van der Waals surface area contributed by atoms with E-state index in [1.165, 1.54) is 37.4 Å². The minimum Gasteiger partial charge on any atom is -0.327 e. The summed E-state index contributed by atoms with van der Waals surface area (Å²) in [4.78, 5) is 17.0. The average Bonchev–Trinajstić information content (AvgIpc) is 3.07. The second-order valence-electron chi connectivity index (χ2n) is 7.54. The Morgan fingerprint density at radius 2 is 2.04 bits per heavy atom. The van der Waals surface area contributed by atoms with E-state index in [-0.39, 0.29) is 5.91 Å². The number of imidazole rings is 1. The standard InChI is InChI=1S/C20H25N5OS/c1-13-14(2)25(16-5-3-4-6-16)19(17(13)11-21)23-18(26)12-27-20-22-9-10-24(20)15-7-8-15/h9-10,15-16H,3-8,12H2,1-2H3,(H,23,26). The third-order valence-corrected chi connectivity index (χ3v) is 6.70. The summed E-state index contributed by atoms with van der Waals surface area (Å²) in [5, 5.41) is 13.6. The van der Waals surface area contributed by atoms with Gasteiger partial charge in [0, 0.05) is 30.2 Å². The Labute approximate surface area is 164 Å². The summed E-state index contributed by atoms with van der Waals surface area (Å²) in [5.74, 6) is 0.886. The van der Waals surface area contributed by atoms with Crippen molar-refractivity contribution >= 4 is 23.5 Å². The van der Waals surface area contributed by atoms with E-state index in [1.54, 1.807) is 6.20 Å². The van der Waals surface area contributed by atoms with Gasteiger partial charge in [-0.15, -0.1) is 0 Å². The number of nitrogens with one attached hydrogen (secondary N) is 1. The summed E-state index contributed by atoms with van der Waals surface area (Å²) in [7, 11) is 0. The van der Waals surface area contributed by atoms with Crippen LogP contribution in [0.15, 0.2) is 17.6 Å². The summed E-state index contributed by atoms with van der Waals surface area (Å²) < 4.78 is 4.35. The first-order valence-electron chi connectivity index (χ1n) is 9.67. The molecule has 7 heteroatoms. The fraction of sp³-hybridized carbons (Fsp3) is 0.550. The molecule has 0 unspecified atom stereocenters. The van der Waals surface area contributed by atoms with Crippen molar-refractivity contribution in [2.24, 2.45) is 0 Å². The molecule has 0 radical (unpaired) electrons. The summed E-state index contributed by atoms with van der Waals surface area (Å²) in [6, 6.07) is 3.22. The van der Waals surface area contributed by atoms with Crippen LogP contribution in [0.5, 0.6) is 0 Å². The van der Waals surface area contributed by atoms with E-state index in [0.29, 0.717) is 29.2 Å². The highest BCUT2D eigenvalue weighted by Crippen LogP contribution is 2.39. The predicted molar refractivity (Wildman–Crippen MR) is 106 cm³/mol. The number of carbonyl (C=O) groups is 1. The predicted octanol–water partition coefficient (Wildman–Crippen LogP) is 4.35. The Morgan fingerprint density at radius 1 is 1.30 bits per heavy atom. The zero-order valence-electron chi connectivity index (χ0n) is 15.9. The van der Waals surface area contributed by atoms with Gasteiger partial charge in [0.15, 0.2) is 5.16 Å². The number of hydrogen-bond donors (Lipinski definition) is 1. The molecule has 2 saturated carbocycles. The maximum atomic E-state index is 12.7. The third kappa shape index (κ3) is 3.51. The summed E-state index contributed by atoms with van der Waals surface area (Å²) in [6.07, 6.45) is 10.8. The van der Waals surface area contributed by atoms with E-state index in [1.807, 2.05) is 20.0 Å². The normalized spacial score (nSPS) is 17.2. The van der Waals surface area contributed by atoms with Gasteiger partial charge in [-0.2, -0.15) is 5.26 Å². The van der Waals surface area contributed by atoms with Crippen molar-refractivity contribution in [3.05, 3.63) is 29.2 Å². The topological polar surface area (TPSA) is 75.6 Å². The van der Waals surface area contributed by atoms with Crippen LogP contribution in [0.2, 0.25) is 0 Å². The van der Waals surface area contributed by atoms with Gasteiger partial charge in [0.2, 0.25) is 5.91 Å². The molecule has 4 rings (SSSR count). The van der Waals surface area contributed by atoms with Crippen molar-refractivity contribution in [3.8, 4) is 6.07 Å². The Morgan fingerprint density at radius 3 is 2.70 bits per heavy atom. The van der Waals surface area contributed by atoms with Gasteiger partial charge >= 0.3 is 0 Å². The minimum atomic E-state index is -0.0846. The maximum Gasteiger partial charge on any atom is 0.235 e. The van der Waals surface area contributed by atoms with Crippen molar-refractivity contribution in [2.45, 2.75) is 69.6 Å². The number of amides is 1. The molecule has 2 aromatic rings. The maximum absolute atomic E-state index is 12.7. The van der Waals surface area contributed by atoms with Gasteiger partial charge in [0.1, 0.15) is 11.9 Å². The average molecular weight is 384 g/mol. The van der Waals surface area contributed by atoms with E-state index < -0.39 is 0 Å². The number of carbonyl (C=O) groups excluding carboxylic acids is 1. The molecule has 2 aliphatic rings. The summed E-state index contributed by atoms with van der Waals surface area (Å²) in [5.41, 5.74) is 2.65. The monoisotopic (exact) mass is 383 g/mol. The highest BCUT2D eigenvalue weighted by atomic mass is 32.2. The molecule has 2 heterocycles. The molecule has 1 N–H and O–H groups in total. The van der Waals surface area contributed by atoms with Crippen LogP contribution in [-0.4, -0.2) is 25.8 Å². The molecule has 6 nitrogen and oxygen atoms in total. The van der Waals surface area contributed by atoms with Crippen LogP contribution in [0.4, 0.5) is 5.82 Å². The fourth-order valence-electron chi connectivity index (χ4n) is 4.05. The Hall–Kier alpha value is -2.20. The second-order valence-corrected chi connectivity index (χ2v) is 8.48. The van der Waals surface area contributed by atoms with Crippen LogP contribution in [0.3, 0.4) is 0 Å². The summed E-state index contributed by atoms with van der Waals surface area (Å²) >= 11 is 1.46. The lowest BCUT2D eigenvalue weighted by atomic mass is 10.2. The zero-order valence-corrected chi connectivity index (χ0v) is 16.7. The van der Waals surface area contributed by atoms with Crippen molar-refractivity contribution in [3.63, 3.8) is 0 Å². The lowest BCUT2D eigenvalue weighted by molar-refractivity contribution is -0.113. The lowest BCUT2D eigenvalue weighted by Crippen LogP contribution is -2.20. The van der Waals surface area contributed by atoms with E-state index in [2.05, 4.69) is 25.5 Å². The molecule has 2 aromatic heterocycles. The van der Waals surface area contributed by atoms with Crippen LogP contribution in [0, 0.1) is 25.2 Å². The largest absolute Gasteiger partial charge is 0.327 e. The number of aromatic nitrogens is 3. The molecular formula is C20H25N5OS. The van der Waals surface area contributed by atoms with E-state index in [4.69, 9.17) is 0 Å². The van der Waals surface area contributed by atoms with Gasteiger partial charge < -0.3 is 14.5 Å². The number of anilines is 1. The van der Waals surface area contributed by atoms with Gasteiger partial charge in [0.05, 0.1) is 11.3 Å². The fourth-order valence-corrected chi connectivity index (χ4v) is 4.87. The molecule has 2 aliphatic carbocycles. The van der Waals surface area contributed by atoms with Gasteiger partial charge in [-0.25, -0.2) is 4.98 Å². The number of hydrogen-bond acceptors (Lipinski definition) is 4. The number of thioether (sulfide) groups is 1. The van der Waals surface area contributed by atoms with Gasteiger partial charge in [-0.1, -0.05) is 24.6 Å². The molecule has 27 heavy (non-hydrogen) atoms. The summed E-state index contributed by atoms with van der Waals surface area (Å²) in [6.45, 7) is 4.02. The molecule has 0 bridgehead atoms. The van der Waals surface area contributed by atoms with Gasteiger partial charge in [0.25, 0.3) is 0 Å². The molecule has 0 spiro atoms. The number of rotatable bonds is 6. The highest BCUT2D eigenvalue weighted by Gasteiger charge is 2.28. The van der Waals surface area contributed by atoms with Crippen molar-refractivity contribution < 1.29 is 4.79 Å². The molecule has 142 valence electrons. The van der Waals surface area contributed by atoms with Crippen molar-refractivity contribution in [1.29, 1.82) is 5.26 Å². The van der Waals surface area contributed by atoms with Crippen molar-refractivity contribution in [1.82, 2.24) is 14.1 Å². The first kappa shape index (κ1) is 18.2. The van der Waals surface area contributed by atoms with Crippen LogP contribution in [0.25, 0.3) is 0 Å². The van der Waals surface area contributed by atoms with E-state index in [0.717, 1.165) is 29.3 Å². The quantitative estimate of drug-likeness (QED) is 0.752. The Kier molecular flexibility index (Phi) is 5.00. The van der Waals surface area contributed by atoms with E-state index in [9.17, 15) is 10.1 Å². The lowest BCUT2D eigenvalue weighted by Gasteiger charge is -2.19. The molecule has 0 aliphatic heterocycles. The SMILES string of the molecule is Cc1c(C#N)c(NC(=O)CSc2nccn2C2CC2)n(C2CCCC2)c1C. The van der Waals surface area contributed by atoms with Crippen LogP contribution in [-0.2, 0) is 4.79 Å². The number of nitriles is 1. The zero-order chi connectivity index (χ0) is 19.0. The molecule has 0 atom stereocenters. The molecular weight excluding hydrogens is 358 g/mol. The second kappa shape index (κ2) is 7.43. The Balaban J connectivity index is 1.51. The van der Waals surface area contributed by atoms with Gasteiger partial charge in [-0.3, -0.25) is 4.79 Å². The smallest absolute Gasteiger partial charge is 0.235 e. The van der Waals surface area contributed by atoms with E-state index >= 15 is 0 Å². The first-order valence-corrected chi connectivity index (χ1v) is 10.7. The number of nitrogens with zero attached hydrogens (tertiary/aromatic N) is 4. The van der Waals surface area contributed by atoms with Crippen LogP contribution >= 0.6 is 11.8 Å². The molecule has 1 amide bonds. The van der Waals surface area contributed by atoms with Gasteiger partial charge in [-0.05, 0) is 45.1 Å². The third-order valence-electron chi connectivity index (χ3n) is 5.72. The molecule has 0 aromatic carbocycles. The minimum absolute atomic E-state index is 0.0846. The van der Waals surface area contributed by atoms with Crippen molar-refractivity contribution in [2.75, 3.05) is 11.1 Å². The molecule has 0 saturated heterocycles. The van der Waals surface area contributed by atoms with Crippen LogP contribution in [0.1, 0.15) is 67.4 Å². The highest BCUT2D eigenvalue weighted by molar-refractivity contribution is 7.99.